The Bertz CT molecular complexity index is 1690. The van der Waals surface area contributed by atoms with Crippen molar-refractivity contribution in [2.75, 3.05) is 13.7 Å². The molecule has 1 aliphatic heterocycles. The van der Waals surface area contributed by atoms with E-state index in [-0.39, 0.29) is 17.1 Å². The molecule has 2 aliphatic rings. The number of benzene rings is 3. The summed E-state index contributed by atoms with van der Waals surface area (Å²) in [5, 5.41) is 0. The van der Waals surface area contributed by atoms with Crippen LogP contribution >= 0.6 is 0 Å². The van der Waals surface area contributed by atoms with Crippen molar-refractivity contribution in [1.29, 1.82) is 0 Å². The van der Waals surface area contributed by atoms with Gasteiger partial charge in [-0.25, -0.2) is 4.98 Å². The molecule has 0 N–H and O–H groups in total. The van der Waals surface area contributed by atoms with E-state index >= 15 is 0 Å². The number of fused-ring (bicyclic) bond motifs is 8. The Morgan fingerprint density at radius 2 is 1.77 bits per heavy atom. The fraction of sp³-hybridized carbons (Fsp3) is 0.385. The van der Waals surface area contributed by atoms with Crippen molar-refractivity contribution in [1.82, 2.24) is 4.98 Å². The Hall–Kier alpha value is -3.76. The van der Waals surface area contributed by atoms with E-state index in [0.29, 0.717) is 18.4 Å². The average molecular weight is 574 g/mol. The predicted molar refractivity (Wildman–Crippen MR) is 176 cm³/mol. The van der Waals surface area contributed by atoms with Crippen LogP contribution in [0.5, 0.6) is 0 Å². The van der Waals surface area contributed by atoms with Crippen LogP contribution in [0, 0.1) is 5.92 Å². The molecule has 0 amide bonds. The molecule has 1 saturated carbocycles. The Balaban J connectivity index is 1.51. The number of methoxy groups -OCH3 is 1. The highest BCUT2D eigenvalue weighted by Crippen LogP contribution is 2.71. The number of rotatable bonds is 11. The van der Waals surface area contributed by atoms with Gasteiger partial charge in [0, 0.05) is 31.6 Å². The molecule has 6 rings (SSSR count). The van der Waals surface area contributed by atoms with Gasteiger partial charge < -0.3 is 9.47 Å². The fourth-order valence-corrected chi connectivity index (χ4v) is 7.98. The second kappa shape index (κ2) is 11.4. The first-order chi connectivity index (χ1) is 20.8. The first kappa shape index (κ1) is 29.3. The van der Waals surface area contributed by atoms with Crippen molar-refractivity contribution in [3.63, 3.8) is 0 Å². The lowest BCUT2D eigenvalue weighted by molar-refractivity contribution is -0.709. The smallest absolute Gasteiger partial charge is 0.240 e. The molecular formula is C39H45N2O2+. The molecule has 3 aromatic carbocycles. The van der Waals surface area contributed by atoms with Gasteiger partial charge in [-0.05, 0) is 61.9 Å². The standard InChI is InChI=1S/C39H45N2O2/c1-8-14-26(3)29-19-21-30(22-20-29)36-37-31-15-10-11-16-32(31)39(9-2)35(23-24-43-28(5)25-27(4)42-7)38(39,6)41(37)34-18-13-12-17-33(34)40-36/h9-13,15-22,25-27,35H,2,8,14,23-24H2,1,3-7H3/q+1. The third-order valence-electron chi connectivity index (χ3n) is 10.3. The maximum absolute atomic E-state index is 6.24. The number of para-hydroxylation sites is 2. The molecule has 1 aromatic heterocycles. The van der Waals surface area contributed by atoms with Gasteiger partial charge >= 0.3 is 0 Å². The van der Waals surface area contributed by atoms with Gasteiger partial charge in [0.05, 0.1) is 29.4 Å². The van der Waals surface area contributed by atoms with Crippen LogP contribution in [0.15, 0.2) is 97.3 Å². The highest BCUT2D eigenvalue weighted by atomic mass is 16.5. The van der Waals surface area contributed by atoms with Crippen molar-refractivity contribution >= 4 is 11.0 Å². The third-order valence-corrected chi connectivity index (χ3v) is 10.3. The van der Waals surface area contributed by atoms with E-state index in [2.05, 4.69) is 111 Å². The number of allylic oxidation sites excluding steroid dienone is 2. The van der Waals surface area contributed by atoms with Gasteiger partial charge in [-0.1, -0.05) is 80.9 Å². The van der Waals surface area contributed by atoms with E-state index < -0.39 is 0 Å². The molecule has 43 heavy (non-hydrogen) atoms. The molecule has 5 atom stereocenters. The van der Waals surface area contributed by atoms with Gasteiger partial charge in [0.25, 0.3) is 0 Å². The van der Waals surface area contributed by atoms with E-state index in [1.807, 2.05) is 19.9 Å². The van der Waals surface area contributed by atoms with Crippen molar-refractivity contribution in [2.45, 2.75) is 76.9 Å². The Labute approximate surface area is 257 Å². The zero-order valence-electron chi connectivity index (χ0n) is 26.6. The molecule has 1 fully saturated rings. The van der Waals surface area contributed by atoms with E-state index in [0.717, 1.165) is 34.5 Å². The predicted octanol–water partition coefficient (Wildman–Crippen LogP) is 8.89. The van der Waals surface area contributed by atoms with E-state index in [1.54, 1.807) is 7.11 Å². The molecule has 0 spiro atoms. The summed E-state index contributed by atoms with van der Waals surface area (Å²) in [7, 11) is 1.72. The number of aromatic nitrogens is 2. The molecular weight excluding hydrogens is 528 g/mol. The zero-order valence-corrected chi connectivity index (χ0v) is 26.6. The molecule has 4 aromatic rings. The normalized spacial score (nSPS) is 23.6. The fourth-order valence-electron chi connectivity index (χ4n) is 7.98. The van der Waals surface area contributed by atoms with Crippen LogP contribution in [0.25, 0.3) is 33.5 Å². The van der Waals surface area contributed by atoms with Gasteiger partial charge in [-0.3, -0.25) is 0 Å². The van der Waals surface area contributed by atoms with Crippen LogP contribution in [0.4, 0.5) is 0 Å². The summed E-state index contributed by atoms with van der Waals surface area (Å²) in [4.78, 5) is 5.36. The van der Waals surface area contributed by atoms with Crippen LogP contribution < -0.4 is 4.57 Å². The minimum Gasteiger partial charge on any atom is -0.498 e. The van der Waals surface area contributed by atoms with E-state index in [9.17, 15) is 0 Å². The summed E-state index contributed by atoms with van der Waals surface area (Å²) in [6.07, 6.45) is 7.56. The second-order valence-corrected chi connectivity index (χ2v) is 12.6. The van der Waals surface area contributed by atoms with Gasteiger partial charge in [0.2, 0.25) is 11.2 Å². The van der Waals surface area contributed by atoms with Crippen molar-refractivity contribution in [3.05, 3.63) is 108 Å². The molecule has 4 nitrogen and oxygen atoms in total. The molecule has 0 bridgehead atoms. The third kappa shape index (κ3) is 4.53. The van der Waals surface area contributed by atoms with Crippen LogP contribution in [0.1, 0.15) is 70.9 Å². The van der Waals surface area contributed by atoms with Crippen LogP contribution in [-0.2, 0) is 20.4 Å². The molecule has 2 heterocycles. The van der Waals surface area contributed by atoms with Gasteiger partial charge in [-0.15, -0.1) is 6.58 Å². The highest BCUT2D eigenvalue weighted by Gasteiger charge is 2.83. The Kier molecular flexibility index (Phi) is 7.76. The lowest BCUT2D eigenvalue weighted by Crippen LogP contribution is -2.54. The second-order valence-electron chi connectivity index (χ2n) is 12.6. The SMILES string of the molecule is C=CC12c3ccccc3-c3c(-c4ccc(C(C)CCC)cc4)nc4ccccc4[n+]3C1(C)C2CCOC(C)=CC(C)OC. The monoisotopic (exact) mass is 573 g/mol. The van der Waals surface area contributed by atoms with Crippen molar-refractivity contribution in [2.24, 2.45) is 5.92 Å². The number of ether oxygens (including phenoxy) is 2. The van der Waals surface area contributed by atoms with Gasteiger partial charge in [0.1, 0.15) is 11.2 Å². The molecule has 1 aliphatic carbocycles. The average Bonchev–Trinajstić information content (AvgIpc) is 3.59. The van der Waals surface area contributed by atoms with Crippen LogP contribution in [0.2, 0.25) is 0 Å². The molecule has 5 unspecified atom stereocenters. The summed E-state index contributed by atoms with van der Waals surface area (Å²) in [5.41, 5.74) is 9.09. The summed E-state index contributed by atoms with van der Waals surface area (Å²) < 4.78 is 14.2. The largest absolute Gasteiger partial charge is 0.498 e. The molecule has 0 saturated heterocycles. The lowest BCUT2D eigenvalue weighted by atomic mass is 9.81. The minimum atomic E-state index is -0.216. The Morgan fingerprint density at radius 3 is 2.49 bits per heavy atom. The molecule has 4 heteroatoms. The van der Waals surface area contributed by atoms with Crippen molar-refractivity contribution < 1.29 is 14.0 Å². The number of nitrogens with zero attached hydrogens (tertiary/aromatic N) is 2. The lowest BCUT2D eigenvalue weighted by Gasteiger charge is -2.27. The number of hydrogen-bond donors (Lipinski definition) is 0. The Morgan fingerprint density at radius 1 is 1.05 bits per heavy atom. The number of hydrogen-bond acceptors (Lipinski definition) is 3. The highest BCUT2D eigenvalue weighted by molar-refractivity contribution is 5.86. The quantitative estimate of drug-likeness (QED) is 0.102. The molecule has 222 valence electrons. The zero-order chi connectivity index (χ0) is 30.4. The first-order valence-corrected chi connectivity index (χ1v) is 15.8. The summed E-state index contributed by atoms with van der Waals surface area (Å²) in [5.74, 6) is 1.76. The van der Waals surface area contributed by atoms with Crippen LogP contribution in [0.3, 0.4) is 0 Å². The maximum atomic E-state index is 6.24. The van der Waals surface area contributed by atoms with E-state index in [4.69, 9.17) is 14.5 Å². The van der Waals surface area contributed by atoms with E-state index in [1.165, 1.54) is 35.2 Å². The van der Waals surface area contributed by atoms with Gasteiger partial charge in [-0.2, -0.15) is 4.57 Å². The van der Waals surface area contributed by atoms with Crippen LogP contribution in [-0.4, -0.2) is 24.8 Å². The van der Waals surface area contributed by atoms with Crippen molar-refractivity contribution in [3.8, 4) is 22.5 Å². The summed E-state index contributed by atoms with van der Waals surface area (Å²) in [6, 6.07) is 26.6. The maximum Gasteiger partial charge on any atom is 0.240 e. The van der Waals surface area contributed by atoms with Gasteiger partial charge in [0.15, 0.2) is 5.54 Å². The summed E-state index contributed by atoms with van der Waals surface area (Å²) >= 11 is 0. The molecule has 0 radical (unpaired) electrons. The minimum absolute atomic E-state index is 0.0241. The first-order valence-electron chi connectivity index (χ1n) is 15.8. The summed E-state index contributed by atoms with van der Waals surface area (Å²) in [6.45, 7) is 16.1. The topological polar surface area (TPSA) is 35.2 Å².